The quantitative estimate of drug-likeness (QED) is 0.284. The molecule has 0 unspecified atom stereocenters. The average molecular weight is 537 g/mol. The van der Waals surface area contributed by atoms with Gasteiger partial charge in [0.15, 0.2) is 11.0 Å². The molecule has 0 radical (unpaired) electrons. The highest BCUT2D eigenvalue weighted by molar-refractivity contribution is 6.33. The molecular formula is C28H21ClN8O2. The third-order valence-corrected chi connectivity index (χ3v) is 6.29. The molecule has 0 atom stereocenters. The summed E-state index contributed by atoms with van der Waals surface area (Å²) < 4.78 is 6.99. The van der Waals surface area contributed by atoms with E-state index >= 15 is 0 Å². The fourth-order valence-electron chi connectivity index (χ4n) is 4.08. The molecule has 192 valence electrons. The van der Waals surface area contributed by atoms with Crippen molar-refractivity contribution in [2.75, 3.05) is 12.4 Å². The van der Waals surface area contributed by atoms with Gasteiger partial charge in [-0.2, -0.15) is 20.1 Å². The van der Waals surface area contributed by atoms with E-state index in [9.17, 15) is 4.79 Å². The fourth-order valence-corrected chi connectivity index (χ4v) is 4.30. The molecule has 3 aromatic heterocycles. The molecule has 0 aliphatic rings. The van der Waals surface area contributed by atoms with Crippen LogP contribution in [0, 0.1) is 0 Å². The monoisotopic (exact) mass is 536 g/mol. The molecule has 0 aliphatic carbocycles. The Bertz CT molecular complexity index is 1760. The maximum Gasteiger partial charge on any atom is 0.255 e. The highest BCUT2D eigenvalue weighted by atomic mass is 35.5. The molecule has 0 aliphatic heterocycles. The lowest BCUT2D eigenvalue weighted by Crippen LogP contribution is -2.12. The number of aromatic nitrogens is 7. The minimum atomic E-state index is -0.263. The maximum atomic E-state index is 13.0. The lowest BCUT2D eigenvalue weighted by Gasteiger charge is -2.08. The Morgan fingerprint density at radius 2 is 1.74 bits per heavy atom. The second-order valence-corrected chi connectivity index (χ2v) is 9.00. The Morgan fingerprint density at radius 3 is 2.49 bits per heavy atom. The smallest absolute Gasteiger partial charge is 0.255 e. The molecule has 0 fully saturated rings. The van der Waals surface area contributed by atoms with E-state index in [4.69, 9.17) is 16.3 Å². The molecule has 10 nitrogen and oxygen atoms in total. The first-order valence-corrected chi connectivity index (χ1v) is 12.4. The number of benzene rings is 3. The van der Waals surface area contributed by atoms with Gasteiger partial charge in [-0.1, -0.05) is 35.9 Å². The van der Waals surface area contributed by atoms with E-state index in [1.54, 1.807) is 54.5 Å². The molecule has 11 heteroatoms. The summed E-state index contributed by atoms with van der Waals surface area (Å²) in [7, 11) is 1.63. The zero-order chi connectivity index (χ0) is 26.8. The van der Waals surface area contributed by atoms with Crippen LogP contribution in [0.4, 0.5) is 5.69 Å². The van der Waals surface area contributed by atoms with Crippen LogP contribution >= 0.6 is 11.6 Å². The van der Waals surface area contributed by atoms with Crippen LogP contribution in [0.1, 0.15) is 15.9 Å². The average Bonchev–Trinajstić information content (AvgIpc) is 3.65. The highest BCUT2D eigenvalue weighted by Gasteiger charge is 2.14. The molecule has 0 saturated carbocycles. The first kappa shape index (κ1) is 24.3. The van der Waals surface area contributed by atoms with E-state index in [2.05, 4.69) is 30.6 Å². The molecule has 1 amide bonds. The van der Waals surface area contributed by atoms with Crippen LogP contribution in [-0.2, 0) is 6.54 Å². The summed E-state index contributed by atoms with van der Waals surface area (Å²) in [5, 5.41) is 15.9. The largest absolute Gasteiger partial charge is 0.497 e. The number of nitrogens with one attached hydrogen (secondary N) is 1. The molecule has 1 N–H and O–H groups in total. The van der Waals surface area contributed by atoms with Gasteiger partial charge in [0.05, 0.1) is 37.9 Å². The number of amides is 1. The van der Waals surface area contributed by atoms with Crippen LogP contribution in [0.5, 0.6) is 5.75 Å². The predicted octanol–water partition coefficient (Wildman–Crippen LogP) is 5.04. The van der Waals surface area contributed by atoms with Crippen molar-refractivity contribution in [1.82, 2.24) is 34.7 Å². The summed E-state index contributed by atoms with van der Waals surface area (Å²) in [6, 6.07) is 22.1. The van der Waals surface area contributed by atoms with Crippen LogP contribution in [0.25, 0.3) is 28.1 Å². The number of fused-ring (bicyclic) bond motifs is 1. The first-order chi connectivity index (χ1) is 19.1. The van der Waals surface area contributed by atoms with E-state index in [1.807, 2.05) is 48.7 Å². The Morgan fingerprint density at radius 1 is 0.974 bits per heavy atom. The summed E-state index contributed by atoms with van der Waals surface area (Å²) in [6.45, 7) is 0.543. The van der Waals surface area contributed by atoms with Gasteiger partial charge in [-0.25, -0.2) is 9.97 Å². The van der Waals surface area contributed by atoms with Gasteiger partial charge in [0, 0.05) is 16.8 Å². The Balaban J connectivity index is 1.21. The van der Waals surface area contributed by atoms with Crippen LogP contribution < -0.4 is 10.1 Å². The molecular weight excluding hydrogens is 516 g/mol. The third kappa shape index (κ3) is 5.18. The minimum Gasteiger partial charge on any atom is -0.497 e. The van der Waals surface area contributed by atoms with Crippen LogP contribution in [0.2, 0.25) is 5.15 Å². The van der Waals surface area contributed by atoms with Gasteiger partial charge in [-0.05, 0) is 54.1 Å². The van der Waals surface area contributed by atoms with Crippen molar-refractivity contribution in [3.8, 4) is 22.8 Å². The van der Waals surface area contributed by atoms with Gasteiger partial charge in [0.25, 0.3) is 5.91 Å². The zero-order valence-corrected chi connectivity index (χ0v) is 21.4. The number of halogens is 1. The topological polar surface area (TPSA) is 113 Å². The van der Waals surface area contributed by atoms with Crippen molar-refractivity contribution in [1.29, 1.82) is 0 Å². The van der Waals surface area contributed by atoms with Crippen LogP contribution in [0.3, 0.4) is 0 Å². The highest BCUT2D eigenvalue weighted by Crippen LogP contribution is 2.25. The van der Waals surface area contributed by atoms with Gasteiger partial charge in [0.1, 0.15) is 16.8 Å². The molecule has 6 aromatic rings. The molecule has 3 aromatic carbocycles. The summed E-state index contributed by atoms with van der Waals surface area (Å²) in [5.74, 6) is 0.934. The fraction of sp³-hybridized carbons (Fsp3) is 0.0714. The molecule has 39 heavy (non-hydrogen) atoms. The summed E-state index contributed by atoms with van der Waals surface area (Å²) in [5.41, 5.74) is 4.73. The number of ether oxygens (including phenoxy) is 1. The second-order valence-electron chi connectivity index (χ2n) is 8.65. The van der Waals surface area contributed by atoms with Crippen molar-refractivity contribution in [3.05, 3.63) is 108 Å². The molecule has 3 heterocycles. The third-order valence-electron chi connectivity index (χ3n) is 6.03. The van der Waals surface area contributed by atoms with Gasteiger partial charge < -0.3 is 10.1 Å². The maximum absolute atomic E-state index is 13.0. The van der Waals surface area contributed by atoms with Gasteiger partial charge >= 0.3 is 0 Å². The zero-order valence-electron chi connectivity index (χ0n) is 20.7. The van der Waals surface area contributed by atoms with E-state index in [-0.39, 0.29) is 11.1 Å². The predicted molar refractivity (Wildman–Crippen MR) is 147 cm³/mol. The normalized spacial score (nSPS) is 11.0. The number of hydrogen-bond acceptors (Lipinski definition) is 7. The number of carbonyl (C=O) groups is 1. The molecule has 0 bridgehead atoms. The first-order valence-electron chi connectivity index (χ1n) is 12.0. The Hall–Kier alpha value is -5.09. The van der Waals surface area contributed by atoms with Crippen molar-refractivity contribution < 1.29 is 9.53 Å². The molecule has 6 rings (SSSR count). The second kappa shape index (κ2) is 10.3. The lowest BCUT2D eigenvalue weighted by atomic mass is 10.1. The van der Waals surface area contributed by atoms with E-state index in [1.165, 1.54) is 4.80 Å². The number of methoxy groups -OCH3 is 1. The Kier molecular flexibility index (Phi) is 6.44. The number of anilines is 1. The van der Waals surface area contributed by atoms with Crippen molar-refractivity contribution >= 4 is 34.2 Å². The summed E-state index contributed by atoms with van der Waals surface area (Å²) in [4.78, 5) is 23.6. The van der Waals surface area contributed by atoms with Crippen LogP contribution in [-0.4, -0.2) is 47.8 Å². The molecule has 0 saturated heterocycles. The molecule has 0 spiro atoms. The van der Waals surface area contributed by atoms with Crippen molar-refractivity contribution in [2.45, 2.75) is 6.54 Å². The van der Waals surface area contributed by atoms with Gasteiger partial charge in [0.2, 0.25) is 0 Å². The van der Waals surface area contributed by atoms with E-state index < -0.39 is 0 Å². The summed E-state index contributed by atoms with van der Waals surface area (Å²) >= 11 is 6.49. The Labute approximate surface area is 227 Å². The van der Waals surface area contributed by atoms with E-state index in [0.29, 0.717) is 40.2 Å². The number of hydrogen-bond donors (Lipinski definition) is 1. The SMILES string of the molecule is COc1ccc(Cn2cc3nc(-c4cccc(C(=O)Nc5ccc(-n6nccn6)cc5)c4)nc(Cl)c3n2)cc1. The standard InChI is InChI=1S/C28H21ClN8O2/c1-39-23-11-5-18(6-12-23)16-36-17-24-25(35-36)26(29)34-27(33-24)19-3-2-4-20(15-19)28(38)32-21-7-9-22(10-8-21)37-30-13-14-31-37/h2-15,17H,16H2,1H3,(H,32,38). The number of rotatable bonds is 7. The van der Waals surface area contributed by atoms with Crippen molar-refractivity contribution in [2.24, 2.45) is 0 Å². The lowest BCUT2D eigenvalue weighted by molar-refractivity contribution is 0.102. The van der Waals surface area contributed by atoms with Crippen molar-refractivity contribution in [3.63, 3.8) is 0 Å². The van der Waals surface area contributed by atoms with Crippen LogP contribution in [0.15, 0.2) is 91.4 Å². The van der Waals surface area contributed by atoms with E-state index in [0.717, 1.165) is 17.0 Å². The summed E-state index contributed by atoms with van der Waals surface area (Å²) in [6.07, 6.45) is 5.04. The minimum absolute atomic E-state index is 0.241. The number of nitrogens with zero attached hydrogens (tertiary/aromatic N) is 7. The van der Waals surface area contributed by atoms with Gasteiger partial charge in [-0.3, -0.25) is 9.48 Å². The number of carbonyl (C=O) groups excluding carboxylic acids is 1. The van der Waals surface area contributed by atoms with Gasteiger partial charge in [-0.15, -0.1) is 0 Å².